The number of anilines is 1. The molecule has 0 amide bonds. The molecule has 0 saturated carbocycles. The minimum absolute atomic E-state index is 0.620. The molecule has 0 spiro atoms. The summed E-state index contributed by atoms with van der Waals surface area (Å²) in [5.41, 5.74) is 2.06. The first-order valence-electron chi connectivity index (χ1n) is 6.62. The fourth-order valence-electron chi connectivity index (χ4n) is 2.22. The van der Waals surface area contributed by atoms with Crippen LogP contribution in [-0.4, -0.2) is 13.1 Å². The largest absolute Gasteiger partial charge is 0.419 e. The molecular weight excluding hydrogens is 271 g/mol. The summed E-state index contributed by atoms with van der Waals surface area (Å²) in [5, 5.41) is 3.00. The molecule has 104 valence electrons. The molecule has 1 atom stereocenters. The van der Waals surface area contributed by atoms with Gasteiger partial charge in [0.25, 0.3) is 0 Å². The van der Waals surface area contributed by atoms with Crippen molar-refractivity contribution in [1.82, 2.24) is 5.09 Å². The lowest BCUT2D eigenvalue weighted by molar-refractivity contribution is 0.475. The van der Waals surface area contributed by atoms with E-state index in [9.17, 15) is 4.57 Å². The maximum atomic E-state index is 13.0. The van der Waals surface area contributed by atoms with Gasteiger partial charge in [-0.2, -0.15) is 0 Å². The average molecular weight is 288 g/mol. The monoisotopic (exact) mass is 288 g/mol. The van der Waals surface area contributed by atoms with E-state index < -0.39 is 7.67 Å². The number of benzene rings is 2. The van der Waals surface area contributed by atoms with Crippen molar-refractivity contribution in [2.75, 3.05) is 17.8 Å². The molecule has 1 saturated heterocycles. The zero-order valence-corrected chi connectivity index (χ0v) is 12.2. The Balaban J connectivity index is 1.86. The first kappa shape index (κ1) is 13.2. The summed E-state index contributed by atoms with van der Waals surface area (Å²) in [6.07, 6.45) is 0. The summed E-state index contributed by atoms with van der Waals surface area (Å²) < 4.78 is 20.6. The van der Waals surface area contributed by atoms with Gasteiger partial charge < -0.3 is 4.52 Å². The molecule has 0 radical (unpaired) electrons. The molecular formula is C15H17N2O2P. The summed E-state index contributed by atoms with van der Waals surface area (Å²) in [4.78, 5) is 0. The van der Waals surface area contributed by atoms with Gasteiger partial charge in [0.15, 0.2) is 0 Å². The second-order valence-electron chi connectivity index (χ2n) is 4.79. The van der Waals surface area contributed by atoms with Crippen molar-refractivity contribution in [1.29, 1.82) is 0 Å². The highest BCUT2D eigenvalue weighted by molar-refractivity contribution is 7.59. The third-order valence-electron chi connectivity index (χ3n) is 3.26. The van der Waals surface area contributed by atoms with Gasteiger partial charge in [0.2, 0.25) is 0 Å². The van der Waals surface area contributed by atoms with E-state index in [2.05, 4.69) is 5.09 Å². The van der Waals surface area contributed by atoms with E-state index in [-0.39, 0.29) is 0 Å². The maximum Gasteiger partial charge on any atom is 0.419 e. The van der Waals surface area contributed by atoms with Gasteiger partial charge in [-0.25, -0.2) is 9.65 Å². The van der Waals surface area contributed by atoms with Gasteiger partial charge in [0.05, 0.1) is 0 Å². The Morgan fingerprint density at radius 3 is 2.50 bits per heavy atom. The van der Waals surface area contributed by atoms with E-state index in [0.717, 1.165) is 11.3 Å². The molecule has 0 bridgehead atoms. The number of nitrogens with one attached hydrogen (secondary N) is 1. The SMILES string of the molecule is Cc1ccc(OP2(=O)NCCN2c2ccccc2)cc1. The van der Waals surface area contributed by atoms with Crippen molar-refractivity contribution in [2.24, 2.45) is 0 Å². The summed E-state index contributed by atoms with van der Waals surface area (Å²) in [5.74, 6) is 0.620. The molecule has 2 aromatic rings. The van der Waals surface area contributed by atoms with Gasteiger partial charge >= 0.3 is 7.67 Å². The highest BCUT2D eigenvalue weighted by atomic mass is 31.2. The van der Waals surface area contributed by atoms with E-state index in [0.29, 0.717) is 18.8 Å². The van der Waals surface area contributed by atoms with E-state index in [1.54, 1.807) is 0 Å². The zero-order chi connectivity index (χ0) is 14.0. The molecule has 1 fully saturated rings. The molecule has 2 aromatic carbocycles. The number of para-hydroxylation sites is 1. The number of hydrogen-bond acceptors (Lipinski definition) is 2. The fourth-order valence-corrected chi connectivity index (χ4v) is 4.14. The van der Waals surface area contributed by atoms with Crippen LogP contribution in [0.2, 0.25) is 0 Å². The Morgan fingerprint density at radius 2 is 1.80 bits per heavy atom. The number of rotatable bonds is 3. The topological polar surface area (TPSA) is 41.6 Å². The van der Waals surface area contributed by atoms with Gasteiger partial charge in [-0.05, 0) is 31.2 Å². The summed E-state index contributed by atoms with van der Waals surface area (Å²) >= 11 is 0. The normalized spacial score (nSPS) is 21.9. The smallest absolute Gasteiger partial charge is 0.418 e. The minimum Gasteiger partial charge on any atom is -0.418 e. The molecule has 0 aromatic heterocycles. The molecule has 1 N–H and O–H groups in total. The van der Waals surface area contributed by atoms with E-state index in [1.807, 2.05) is 66.2 Å². The standard InChI is InChI=1S/C15H17N2O2P/c1-13-7-9-15(10-8-13)19-20(18)16-11-12-17(20)14-5-3-2-4-6-14/h2-10H,11-12H2,1H3,(H,16,18). The zero-order valence-electron chi connectivity index (χ0n) is 11.3. The van der Waals surface area contributed by atoms with E-state index in [4.69, 9.17) is 4.52 Å². The molecule has 1 unspecified atom stereocenters. The number of aryl methyl sites for hydroxylation is 1. The third kappa shape index (κ3) is 2.58. The van der Waals surface area contributed by atoms with Gasteiger partial charge in [-0.1, -0.05) is 35.9 Å². The van der Waals surface area contributed by atoms with Crippen LogP contribution in [0.3, 0.4) is 0 Å². The van der Waals surface area contributed by atoms with Crippen LogP contribution in [0.5, 0.6) is 5.75 Å². The number of hydrogen-bond donors (Lipinski definition) is 1. The molecule has 1 heterocycles. The number of nitrogens with zero attached hydrogens (tertiary/aromatic N) is 1. The first-order chi connectivity index (χ1) is 9.67. The highest BCUT2D eigenvalue weighted by Crippen LogP contribution is 2.51. The van der Waals surface area contributed by atoms with Crippen LogP contribution in [0.1, 0.15) is 5.56 Å². The van der Waals surface area contributed by atoms with E-state index in [1.165, 1.54) is 0 Å². The van der Waals surface area contributed by atoms with Crippen molar-refractivity contribution < 1.29 is 9.09 Å². The highest BCUT2D eigenvalue weighted by Gasteiger charge is 2.38. The summed E-state index contributed by atoms with van der Waals surface area (Å²) in [6, 6.07) is 17.3. The molecule has 1 aliphatic rings. The Labute approximate surface area is 118 Å². The maximum absolute atomic E-state index is 13.0. The Bertz CT molecular complexity index is 628. The van der Waals surface area contributed by atoms with E-state index >= 15 is 0 Å². The van der Waals surface area contributed by atoms with Crippen LogP contribution >= 0.6 is 7.67 Å². The van der Waals surface area contributed by atoms with Crippen LogP contribution in [0, 0.1) is 6.92 Å². The van der Waals surface area contributed by atoms with Gasteiger partial charge in [-0.3, -0.25) is 4.67 Å². The van der Waals surface area contributed by atoms with Crippen LogP contribution < -0.4 is 14.3 Å². The van der Waals surface area contributed by atoms with Crippen molar-refractivity contribution in [3.05, 3.63) is 60.2 Å². The third-order valence-corrected chi connectivity index (χ3v) is 5.41. The van der Waals surface area contributed by atoms with Crippen LogP contribution in [-0.2, 0) is 4.57 Å². The second kappa shape index (κ2) is 5.31. The van der Waals surface area contributed by atoms with Crippen LogP contribution in [0.4, 0.5) is 5.69 Å². The molecule has 1 aliphatic heterocycles. The lowest BCUT2D eigenvalue weighted by Gasteiger charge is -2.25. The predicted molar refractivity (Wildman–Crippen MR) is 81.2 cm³/mol. The Hall–Kier alpha value is -1.77. The molecule has 20 heavy (non-hydrogen) atoms. The summed E-state index contributed by atoms with van der Waals surface area (Å²) in [7, 11) is -3.06. The molecule has 0 aliphatic carbocycles. The van der Waals surface area contributed by atoms with Crippen molar-refractivity contribution >= 4 is 13.4 Å². The van der Waals surface area contributed by atoms with Crippen molar-refractivity contribution in [3.8, 4) is 5.75 Å². The minimum atomic E-state index is -3.06. The Kier molecular flexibility index (Phi) is 3.51. The Morgan fingerprint density at radius 1 is 1.10 bits per heavy atom. The van der Waals surface area contributed by atoms with Crippen molar-refractivity contribution in [3.63, 3.8) is 0 Å². The van der Waals surface area contributed by atoms with Crippen molar-refractivity contribution in [2.45, 2.75) is 6.92 Å². The van der Waals surface area contributed by atoms with Crippen LogP contribution in [0.15, 0.2) is 54.6 Å². The molecule has 3 rings (SSSR count). The van der Waals surface area contributed by atoms with Gasteiger partial charge in [0.1, 0.15) is 5.75 Å². The second-order valence-corrected chi connectivity index (χ2v) is 6.81. The molecule has 5 heteroatoms. The summed E-state index contributed by atoms with van der Waals surface area (Å²) in [6.45, 7) is 3.33. The lowest BCUT2D eigenvalue weighted by atomic mass is 10.2. The quantitative estimate of drug-likeness (QED) is 0.876. The average Bonchev–Trinajstić information content (AvgIpc) is 2.84. The fraction of sp³-hybridized carbons (Fsp3) is 0.200. The lowest BCUT2D eigenvalue weighted by Crippen LogP contribution is -2.19. The first-order valence-corrected chi connectivity index (χ1v) is 8.20. The predicted octanol–water partition coefficient (Wildman–Crippen LogP) is 3.59. The van der Waals surface area contributed by atoms with Gasteiger partial charge in [-0.15, -0.1) is 0 Å². The van der Waals surface area contributed by atoms with Gasteiger partial charge in [0, 0.05) is 18.8 Å². The molecule has 4 nitrogen and oxygen atoms in total. The van der Waals surface area contributed by atoms with Crippen LogP contribution in [0.25, 0.3) is 0 Å².